The molecular weight excluding hydrogens is 282 g/mol. The van der Waals surface area contributed by atoms with Gasteiger partial charge in [-0.25, -0.2) is 14.8 Å². The average molecular weight is 305 g/mol. The van der Waals surface area contributed by atoms with E-state index in [2.05, 4.69) is 15.3 Å². The molecule has 0 aliphatic carbocycles. The molecule has 2 heterocycles. The average Bonchev–Trinajstić information content (AvgIpc) is 2.71. The van der Waals surface area contributed by atoms with Crippen molar-refractivity contribution in [3.63, 3.8) is 0 Å². The van der Waals surface area contributed by atoms with Gasteiger partial charge in [-0.3, -0.25) is 0 Å². The lowest BCUT2D eigenvalue weighted by Crippen LogP contribution is -2.33. The van der Waals surface area contributed by atoms with Crippen molar-refractivity contribution in [2.24, 2.45) is 0 Å². The van der Waals surface area contributed by atoms with Crippen LogP contribution in [0.5, 0.6) is 0 Å². The Kier molecular flexibility index (Phi) is 4.54. The van der Waals surface area contributed by atoms with E-state index in [4.69, 9.17) is 10.5 Å². The van der Waals surface area contributed by atoms with Crippen molar-refractivity contribution >= 4 is 22.9 Å². The Bertz CT molecular complexity index is 672. The summed E-state index contributed by atoms with van der Waals surface area (Å²) < 4.78 is 7.21. The van der Waals surface area contributed by atoms with Gasteiger partial charge in [-0.2, -0.15) is 0 Å². The number of aromatic nitrogens is 3. The number of amides is 1. The summed E-state index contributed by atoms with van der Waals surface area (Å²) in [5.41, 5.74) is 7.28. The number of nitrogens with one attached hydrogen (secondary N) is 1. The maximum absolute atomic E-state index is 11.6. The van der Waals surface area contributed by atoms with Crippen LogP contribution >= 0.6 is 0 Å². The van der Waals surface area contributed by atoms with Crippen molar-refractivity contribution in [2.45, 2.75) is 46.3 Å². The molecule has 0 saturated carbocycles. The maximum Gasteiger partial charge on any atom is 0.407 e. The zero-order valence-corrected chi connectivity index (χ0v) is 13.5. The summed E-state index contributed by atoms with van der Waals surface area (Å²) in [4.78, 5) is 19.9. The van der Waals surface area contributed by atoms with E-state index < -0.39 is 11.7 Å². The molecule has 0 radical (unpaired) electrons. The van der Waals surface area contributed by atoms with E-state index in [-0.39, 0.29) is 0 Å². The van der Waals surface area contributed by atoms with Crippen molar-refractivity contribution in [1.29, 1.82) is 0 Å². The van der Waals surface area contributed by atoms with Gasteiger partial charge < -0.3 is 20.4 Å². The van der Waals surface area contributed by atoms with Crippen LogP contribution in [-0.2, 0) is 11.3 Å². The number of nitrogen functional groups attached to an aromatic ring is 1. The zero-order chi connectivity index (χ0) is 16.3. The van der Waals surface area contributed by atoms with E-state index in [9.17, 15) is 4.79 Å². The fourth-order valence-corrected chi connectivity index (χ4v) is 2.27. The molecule has 22 heavy (non-hydrogen) atoms. The Morgan fingerprint density at radius 2 is 2.14 bits per heavy atom. The first kappa shape index (κ1) is 16.1. The van der Waals surface area contributed by atoms with E-state index in [1.807, 2.05) is 38.5 Å². The SMILES string of the molecule is Cc1cn(CCCNC(=O)OC(C)(C)C)c2ncnc(N)c12. The number of rotatable bonds is 4. The monoisotopic (exact) mass is 305 g/mol. The molecule has 2 aromatic rings. The van der Waals surface area contributed by atoms with Gasteiger partial charge in [-0.15, -0.1) is 0 Å². The van der Waals surface area contributed by atoms with Gasteiger partial charge in [-0.05, 0) is 39.7 Å². The molecule has 2 rings (SSSR count). The first-order valence-electron chi connectivity index (χ1n) is 7.30. The van der Waals surface area contributed by atoms with Crippen LogP contribution in [-0.4, -0.2) is 32.8 Å². The van der Waals surface area contributed by atoms with Crippen molar-refractivity contribution in [2.75, 3.05) is 12.3 Å². The Morgan fingerprint density at radius 1 is 1.41 bits per heavy atom. The lowest BCUT2D eigenvalue weighted by Gasteiger charge is -2.19. The van der Waals surface area contributed by atoms with E-state index >= 15 is 0 Å². The number of nitrogens with zero attached hydrogens (tertiary/aromatic N) is 3. The molecule has 0 fully saturated rings. The summed E-state index contributed by atoms with van der Waals surface area (Å²) in [6.07, 6.45) is 3.84. The molecule has 7 heteroatoms. The number of carbonyl (C=O) groups excluding carboxylic acids is 1. The highest BCUT2D eigenvalue weighted by Crippen LogP contribution is 2.22. The molecule has 120 valence electrons. The quantitative estimate of drug-likeness (QED) is 0.845. The number of aryl methyl sites for hydroxylation is 2. The lowest BCUT2D eigenvalue weighted by molar-refractivity contribution is 0.0527. The predicted octanol–water partition coefficient (Wildman–Crippen LogP) is 2.24. The van der Waals surface area contributed by atoms with Crippen LogP contribution in [0.25, 0.3) is 11.0 Å². The Labute approximate surface area is 129 Å². The zero-order valence-electron chi connectivity index (χ0n) is 13.5. The van der Waals surface area contributed by atoms with Crippen molar-refractivity contribution < 1.29 is 9.53 Å². The van der Waals surface area contributed by atoms with Gasteiger partial charge in [0.1, 0.15) is 23.4 Å². The van der Waals surface area contributed by atoms with Crippen LogP contribution in [0, 0.1) is 6.92 Å². The maximum atomic E-state index is 11.6. The molecule has 0 bridgehead atoms. The van der Waals surface area contributed by atoms with Crippen LogP contribution in [0.15, 0.2) is 12.5 Å². The van der Waals surface area contributed by atoms with Crippen LogP contribution in [0.2, 0.25) is 0 Å². The third-order valence-electron chi connectivity index (χ3n) is 3.12. The molecule has 0 aromatic carbocycles. The number of alkyl carbamates (subject to hydrolysis) is 1. The van der Waals surface area contributed by atoms with E-state index in [0.717, 1.165) is 29.6 Å². The molecule has 3 N–H and O–H groups in total. The van der Waals surface area contributed by atoms with Gasteiger partial charge >= 0.3 is 6.09 Å². The number of carbonyl (C=O) groups is 1. The third-order valence-corrected chi connectivity index (χ3v) is 3.12. The first-order chi connectivity index (χ1) is 10.3. The molecule has 1 amide bonds. The summed E-state index contributed by atoms with van der Waals surface area (Å²) >= 11 is 0. The normalized spacial score (nSPS) is 11.6. The second-order valence-electron chi connectivity index (χ2n) is 6.25. The van der Waals surface area contributed by atoms with Crippen LogP contribution in [0.3, 0.4) is 0 Å². The van der Waals surface area contributed by atoms with Crippen LogP contribution in [0.4, 0.5) is 10.6 Å². The van der Waals surface area contributed by atoms with Crippen LogP contribution in [0.1, 0.15) is 32.8 Å². The van der Waals surface area contributed by atoms with Gasteiger partial charge in [0, 0.05) is 19.3 Å². The minimum atomic E-state index is -0.480. The summed E-state index contributed by atoms with van der Waals surface area (Å²) in [6.45, 7) is 8.77. The highest BCUT2D eigenvalue weighted by Gasteiger charge is 2.15. The van der Waals surface area contributed by atoms with E-state index in [0.29, 0.717) is 12.4 Å². The summed E-state index contributed by atoms with van der Waals surface area (Å²) in [5.74, 6) is 0.494. The Morgan fingerprint density at radius 3 is 2.82 bits per heavy atom. The molecule has 2 aromatic heterocycles. The third kappa shape index (κ3) is 3.87. The number of fused-ring (bicyclic) bond motifs is 1. The van der Waals surface area contributed by atoms with Crippen molar-refractivity contribution in [3.8, 4) is 0 Å². The van der Waals surface area contributed by atoms with Gasteiger partial charge in [0.05, 0.1) is 5.39 Å². The molecule has 7 nitrogen and oxygen atoms in total. The summed E-state index contributed by atoms with van der Waals surface area (Å²) in [6, 6.07) is 0. The first-order valence-corrected chi connectivity index (χ1v) is 7.30. The second kappa shape index (κ2) is 6.21. The van der Waals surface area contributed by atoms with Gasteiger partial charge in [0.2, 0.25) is 0 Å². The second-order valence-corrected chi connectivity index (χ2v) is 6.25. The minimum absolute atomic E-state index is 0.396. The minimum Gasteiger partial charge on any atom is -0.444 e. The number of nitrogens with two attached hydrogens (primary N) is 1. The standard InChI is InChI=1S/C15H23N5O2/c1-10-8-20(13-11(10)12(16)18-9-19-13)7-5-6-17-14(21)22-15(2,3)4/h8-9H,5-7H2,1-4H3,(H,17,21)(H2,16,18,19). The van der Waals surface area contributed by atoms with Crippen molar-refractivity contribution in [3.05, 3.63) is 18.1 Å². The summed E-state index contributed by atoms with van der Waals surface area (Å²) in [7, 11) is 0. The van der Waals surface area contributed by atoms with Gasteiger partial charge in [-0.1, -0.05) is 0 Å². The van der Waals surface area contributed by atoms with Crippen molar-refractivity contribution in [1.82, 2.24) is 19.9 Å². The molecule has 0 aliphatic heterocycles. The molecule has 0 aliphatic rings. The van der Waals surface area contributed by atoms with Gasteiger partial charge in [0.25, 0.3) is 0 Å². The Hall–Kier alpha value is -2.31. The topological polar surface area (TPSA) is 95.1 Å². The fraction of sp³-hybridized carbons (Fsp3) is 0.533. The smallest absolute Gasteiger partial charge is 0.407 e. The number of hydrogen-bond donors (Lipinski definition) is 2. The largest absolute Gasteiger partial charge is 0.444 e. The van der Waals surface area contributed by atoms with E-state index in [1.165, 1.54) is 6.33 Å². The molecule has 0 unspecified atom stereocenters. The van der Waals surface area contributed by atoms with Gasteiger partial charge in [0.15, 0.2) is 0 Å². The number of hydrogen-bond acceptors (Lipinski definition) is 5. The molecule has 0 atom stereocenters. The molecular formula is C15H23N5O2. The van der Waals surface area contributed by atoms with Crippen LogP contribution < -0.4 is 11.1 Å². The predicted molar refractivity (Wildman–Crippen MR) is 85.5 cm³/mol. The highest BCUT2D eigenvalue weighted by atomic mass is 16.6. The highest BCUT2D eigenvalue weighted by molar-refractivity contribution is 5.89. The molecule has 0 saturated heterocycles. The number of ether oxygens (including phenoxy) is 1. The fourth-order valence-electron chi connectivity index (χ4n) is 2.27. The number of anilines is 1. The molecule has 0 spiro atoms. The Balaban J connectivity index is 1.91. The van der Waals surface area contributed by atoms with E-state index in [1.54, 1.807) is 0 Å². The summed E-state index contributed by atoms with van der Waals surface area (Å²) in [5, 5.41) is 3.64. The lowest BCUT2D eigenvalue weighted by atomic mass is 10.2.